The van der Waals surface area contributed by atoms with E-state index in [1.807, 2.05) is 37.4 Å². The number of nitrogens with zero attached hydrogens (tertiary/aromatic N) is 1. The van der Waals surface area contributed by atoms with Crippen molar-refractivity contribution in [1.82, 2.24) is 10.2 Å². The van der Waals surface area contributed by atoms with Crippen molar-refractivity contribution in [3.63, 3.8) is 0 Å². The van der Waals surface area contributed by atoms with Crippen molar-refractivity contribution >= 4 is 23.6 Å². The Labute approximate surface area is 126 Å². The molecule has 0 saturated carbocycles. The molecule has 0 aromatic rings. The van der Waals surface area contributed by atoms with Crippen LogP contribution >= 0.6 is 11.8 Å². The van der Waals surface area contributed by atoms with Gasteiger partial charge in [-0.2, -0.15) is 11.8 Å². The van der Waals surface area contributed by atoms with E-state index in [9.17, 15) is 9.59 Å². The SMILES string of the molecule is CCC1C(=O)NC(CC)(CC)C(=O)N1CC1CCCS1. The maximum atomic E-state index is 12.9. The highest BCUT2D eigenvalue weighted by molar-refractivity contribution is 8.00. The van der Waals surface area contributed by atoms with E-state index >= 15 is 0 Å². The molecule has 2 amide bonds. The zero-order valence-electron chi connectivity index (χ0n) is 12.8. The van der Waals surface area contributed by atoms with Crippen molar-refractivity contribution in [1.29, 1.82) is 0 Å². The molecule has 0 bridgehead atoms. The van der Waals surface area contributed by atoms with Gasteiger partial charge in [0.25, 0.3) is 0 Å². The van der Waals surface area contributed by atoms with Crippen LogP contribution < -0.4 is 5.32 Å². The number of rotatable bonds is 5. The molecule has 0 spiro atoms. The summed E-state index contributed by atoms with van der Waals surface area (Å²) >= 11 is 1.94. The van der Waals surface area contributed by atoms with E-state index < -0.39 is 5.54 Å². The summed E-state index contributed by atoms with van der Waals surface area (Å²) in [6, 6.07) is -0.282. The standard InChI is InChI=1S/C15H26N2O2S/c1-4-12-13(18)16-15(5-2,6-3)14(19)17(12)10-11-8-7-9-20-11/h11-12H,4-10H2,1-3H3,(H,16,18). The Hall–Kier alpha value is -0.710. The van der Waals surface area contributed by atoms with Gasteiger partial charge in [-0.1, -0.05) is 20.8 Å². The van der Waals surface area contributed by atoms with Gasteiger partial charge in [-0.25, -0.2) is 0 Å². The molecule has 0 aliphatic carbocycles. The predicted molar refractivity (Wildman–Crippen MR) is 82.7 cm³/mol. The first-order valence-corrected chi connectivity index (χ1v) is 8.87. The van der Waals surface area contributed by atoms with Gasteiger partial charge >= 0.3 is 0 Å². The minimum absolute atomic E-state index is 0.0267. The summed E-state index contributed by atoms with van der Waals surface area (Å²) in [7, 11) is 0. The average Bonchev–Trinajstić information content (AvgIpc) is 2.96. The van der Waals surface area contributed by atoms with E-state index in [1.54, 1.807) is 0 Å². The molecule has 2 rings (SSSR count). The Morgan fingerprint density at radius 2 is 2.00 bits per heavy atom. The van der Waals surface area contributed by atoms with Crippen LogP contribution in [0.2, 0.25) is 0 Å². The molecule has 2 heterocycles. The first-order chi connectivity index (χ1) is 9.57. The van der Waals surface area contributed by atoms with Crippen LogP contribution in [0.4, 0.5) is 0 Å². The van der Waals surface area contributed by atoms with Crippen molar-refractivity contribution in [3.8, 4) is 0 Å². The van der Waals surface area contributed by atoms with E-state index in [1.165, 1.54) is 12.2 Å². The van der Waals surface area contributed by atoms with Gasteiger partial charge in [-0.15, -0.1) is 0 Å². The number of nitrogens with one attached hydrogen (secondary N) is 1. The predicted octanol–water partition coefficient (Wildman–Crippen LogP) is 2.18. The second kappa shape index (κ2) is 6.37. The number of hydrogen-bond donors (Lipinski definition) is 1. The summed E-state index contributed by atoms with van der Waals surface area (Å²) in [4.78, 5) is 27.2. The van der Waals surface area contributed by atoms with E-state index in [-0.39, 0.29) is 17.9 Å². The third-order valence-corrected chi connectivity index (χ3v) is 6.11. The Morgan fingerprint density at radius 1 is 1.30 bits per heavy atom. The van der Waals surface area contributed by atoms with Gasteiger partial charge in [0.05, 0.1) is 0 Å². The van der Waals surface area contributed by atoms with E-state index in [0.717, 1.165) is 13.0 Å². The fraction of sp³-hybridized carbons (Fsp3) is 0.867. The van der Waals surface area contributed by atoms with Crippen LogP contribution in [-0.4, -0.2) is 45.8 Å². The summed E-state index contributed by atoms with van der Waals surface area (Å²) in [6.45, 7) is 6.68. The molecule has 2 aliphatic rings. The molecule has 0 radical (unpaired) electrons. The fourth-order valence-electron chi connectivity index (χ4n) is 3.28. The average molecular weight is 298 g/mol. The Morgan fingerprint density at radius 3 is 2.50 bits per heavy atom. The van der Waals surface area contributed by atoms with E-state index in [0.29, 0.717) is 24.5 Å². The van der Waals surface area contributed by atoms with Gasteiger partial charge in [-0.05, 0) is 37.9 Å². The Balaban J connectivity index is 2.22. The summed E-state index contributed by atoms with van der Waals surface area (Å²) in [6.07, 6.45) is 4.42. The zero-order chi connectivity index (χ0) is 14.8. The second-order valence-electron chi connectivity index (χ2n) is 5.80. The molecule has 1 N–H and O–H groups in total. The molecule has 2 unspecified atom stereocenters. The minimum Gasteiger partial charge on any atom is -0.340 e. The molecule has 114 valence electrons. The molecule has 0 aromatic heterocycles. The number of thioether (sulfide) groups is 1. The topological polar surface area (TPSA) is 49.4 Å². The molecule has 2 saturated heterocycles. The van der Waals surface area contributed by atoms with E-state index in [2.05, 4.69) is 5.32 Å². The van der Waals surface area contributed by atoms with Crippen LogP contribution in [-0.2, 0) is 9.59 Å². The number of carbonyl (C=O) groups is 2. The highest BCUT2D eigenvalue weighted by Crippen LogP contribution is 2.31. The number of hydrogen-bond acceptors (Lipinski definition) is 3. The van der Waals surface area contributed by atoms with Crippen molar-refractivity contribution in [2.75, 3.05) is 12.3 Å². The Bertz CT molecular complexity index is 376. The molecule has 5 heteroatoms. The number of carbonyl (C=O) groups excluding carboxylic acids is 2. The summed E-state index contributed by atoms with van der Waals surface area (Å²) < 4.78 is 0. The monoisotopic (exact) mass is 298 g/mol. The highest BCUT2D eigenvalue weighted by atomic mass is 32.2. The van der Waals surface area contributed by atoms with Gasteiger partial charge in [0.1, 0.15) is 11.6 Å². The highest BCUT2D eigenvalue weighted by Gasteiger charge is 2.48. The Kier molecular flexibility index (Phi) is 4.99. The lowest BCUT2D eigenvalue weighted by Crippen LogP contribution is -2.70. The van der Waals surface area contributed by atoms with Gasteiger partial charge in [-0.3, -0.25) is 9.59 Å². The van der Waals surface area contributed by atoms with Gasteiger partial charge < -0.3 is 10.2 Å². The van der Waals surface area contributed by atoms with Crippen LogP contribution in [0.25, 0.3) is 0 Å². The van der Waals surface area contributed by atoms with Crippen molar-refractivity contribution < 1.29 is 9.59 Å². The van der Waals surface area contributed by atoms with Gasteiger partial charge in [0, 0.05) is 11.8 Å². The van der Waals surface area contributed by atoms with Crippen LogP contribution in [0, 0.1) is 0 Å². The third-order valence-electron chi connectivity index (χ3n) is 4.73. The lowest BCUT2D eigenvalue weighted by molar-refractivity contribution is -0.155. The van der Waals surface area contributed by atoms with Crippen LogP contribution in [0.15, 0.2) is 0 Å². The lowest BCUT2D eigenvalue weighted by Gasteiger charge is -2.46. The maximum Gasteiger partial charge on any atom is 0.249 e. The summed E-state index contributed by atoms with van der Waals surface area (Å²) in [5.41, 5.74) is -0.675. The van der Waals surface area contributed by atoms with Crippen molar-refractivity contribution in [2.24, 2.45) is 0 Å². The van der Waals surface area contributed by atoms with E-state index in [4.69, 9.17) is 0 Å². The van der Waals surface area contributed by atoms with Crippen molar-refractivity contribution in [3.05, 3.63) is 0 Å². The smallest absolute Gasteiger partial charge is 0.249 e. The van der Waals surface area contributed by atoms with Crippen LogP contribution in [0.5, 0.6) is 0 Å². The molecule has 2 fully saturated rings. The quantitative estimate of drug-likeness (QED) is 0.846. The summed E-state index contributed by atoms with van der Waals surface area (Å²) in [5.74, 6) is 1.34. The molecular weight excluding hydrogens is 272 g/mol. The van der Waals surface area contributed by atoms with Gasteiger partial charge in [0.2, 0.25) is 11.8 Å². The minimum atomic E-state index is -0.675. The molecule has 0 aromatic carbocycles. The number of amides is 2. The molecular formula is C15H26N2O2S. The molecule has 2 aliphatic heterocycles. The first-order valence-electron chi connectivity index (χ1n) is 7.82. The zero-order valence-corrected chi connectivity index (χ0v) is 13.6. The lowest BCUT2D eigenvalue weighted by atomic mass is 9.86. The molecule has 20 heavy (non-hydrogen) atoms. The first kappa shape index (κ1) is 15.7. The second-order valence-corrected chi connectivity index (χ2v) is 7.20. The number of piperazine rings is 1. The normalized spacial score (nSPS) is 29.6. The van der Waals surface area contributed by atoms with Crippen LogP contribution in [0.3, 0.4) is 0 Å². The van der Waals surface area contributed by atoms with Crippen molar-refractivity contribution in [2.45, 2.75) is 69.7 Å². The molecule has 2 atom stereocenters. The fourth-order valence-corrected chi connectivity index (χ4v) is 4.55. The third kappa shape index (κ3) is 2.69. The maximum absolute atomic E-state index is 12.9. The summed E-state index contributed by atoms with van der Waals surface area (Å²) in [5, 5.41) is 3.50. The largest absolute Gasteiger partial charge is 0.340 e. The van der Waals surface area contributed by atoms with Gasteiger partial charge in [0.15, 0.2) is 0 Å². The molecule has 4 nitrogen and oxygen atoms in total. The van der Waals surface area contributed by atoms with Crippen LogP contribution in [0.1, 0.15) is 52.9 Å².